The molecule has 1 aliphatic heterocycles. The molecule has 2 N–H and O–H groups in total. The lowest BCUT2D eigenvalue weighted by Crippen LogP contribution is -2.37. The van der Waals surface area contributed by atoms with Crippen molar-refractivity contribution >= 4 is 17.1 Å². The number of aromatic nitrogens is 3. The zero-order valence-electron chi connectivity index (χ0n) is 14.0. The van der Waals surface area contributed by atoms with Gasteiger partial charge in [-0.15, -0.1) is 0 Å². The smallest absolute Gasteiger partial charge is 0.294 e. The van der Waals surface area contributed by atoms with E-state index in [2.05, 4.69) is 15.0 Å². The summed E-state index contributed by atoms with van der Waals surface area (Å²) in [6.45, 7) is 6.20. The number of nitrogens with two attached hydrogens (primary N) is 1. The average Bonchev–Trinajstić information content (AvgIpc) is 2.85. The van der Waals surface area contributed by atoms with Crippen molar-refractivity contribution in [1.29, 1.82) is 0 Å². The van der Waals surface area contributed by atoms with Gasteiger partial charge in [0.1, 0.15) is 17.3 Å². The molecule has 2 aromatic rings. The lowest BCUT2D eigenvalue weighted by molar-refractivity contribution is -0.384. The van der Waals surface area contributed by atoms with Crippen LogP contribution in [0.4, 0.5) is 17.1 Å². The third-order valence-electron chi connectivity index (χ3n) is 4.45. The first-order chi connectivity index (χ1) is 11.4. The third kappa shape index (κ3) is 3.32. The van der Waals surface area contributed by atoms with Gasteiger partial charge in [-0.05, 0) is 44.7 Å². The largest absolute Gasteiger partial charge is 0.399 e. The number of hydrogen-bond donors (Lipinski definition) is 1. The topological polar surface area (TPSA) is 103 Å². The molecule has 2 heterocycles. The number of anilines is 2. The minimum absolute atomic E-state index is 0.0726. The van der Waals surface area contributed by atoms with E-state index in [0.29, 0.717) is 17.3 Å². The number of nitro groups is 1. The van der Waals surface area contributed by atoms with Crippen molar-refractivity contribution < 1.29 is 4.92 Å². The summed E-state index contributed by atoms with van der Waals surface area (Å²) in [5.41, 5.74) is 6.83. The highest BCUT2D eigenvalue weighted by Crippen LogP contribution is 2.33. The summed E-state index contributed by atoms with van der Waals surface area (Å²) in [5.74, 6) is 2.06. The van der Waals surface area contributed by atoms with Gasteiger partial charge in [0, 0.05) is 31.4 Å². The average molecular weight is 330 g/mol. The molecule has 8 heteroatoms. The van der Waals surface area contributed by atoms with Crippen molar-refractivity contribution in [2.24, 2.45) is 5.92 Å². The van der Waals surface area contributed by atoms with Gasteiger partial charge in [0.2, 0.25) is 0 Å². The molecule has 1 saturated heterocycles. The third-order valence-corrected chi connectivity index (χ3v) is 4.45. The summed E-state index contributed by atoms with van der Waals surface area (Å²) < 4.78 is 1.93. The van der Waals surface area contributed by atoms with Crippen LogP contribution in [0.3, 0.4) is 0 Å². The lowest BCUT2D eigenvalue weighted by atomic mass is 9.97. The van der Waals surface area contributed by atoms with Crippen LogP contribution in [0.5, 0.6) is 0 Å². The Hall–Kier alpha value is -2.64. The lowest BCUT2D eigenvalue weighted by Gasteiger charge is -2.34. The Morgan fingerprint density at radius 3 is 2.88 bits per heavy atom. The van der Waals surface area contributed by atoms with Crippen LogP contribution < -0.4 is 10.6 Å². The number of hydrogen-bond acceptors (Lipinski definition) is 6. The molecule has 3 rings (SSSR count). The van der Waals surface area contributed by atoms with Gasteiger partial charge in [-0.2, -0.15) is 5.10 Å². The number of aryl methyl sites for hydroxylation is 2. The molecule has 1 aromatic carbocycles. The van der Waals surface area contributed by atoms with E-state index >= 15 is 0 Å². The van der Waals surface area contributed by atoms with Gasteiger partial charge >= 0.3 is 0 Å². The predicted octanol–water partition coefficient (Wildman–Crippen LogP) is 2.30. The Morgan fingerprint density at radius 2 is 2.21 bits per heavy atom. The Bertz CT molecular complexity index is 757. The molecule has 0 radical (unpaired) electrons. The molecule has 1 aromatic heterocycles. The van der Waals surface area contributed by atoms with Crippen molar-refractivity contribution in [3.05, 3.63) is 40.0 Å². The van der Waals surface area contributed by atoms with E-state index in [0.717, 1.165) is 44.1 Å². The van der Waals surface area contributed by atoms with Crippen LogP contribution in [0, 0.1) is 29.9 Å². The number of nitrogen functional groups attached to an aromatic ring is 1. The number of benzene rings is 1. The fourth-order valence-corrected chi connectivity index (χ4v) is 3.37. The summed E-state index contributed by atoms with van der Waals surface area (Å²) in [6.07, 6.45) is 2.08. The minimum atomic E-state index is -0.361. The molecule has 0 amide bonds. The molecule has 8 nitrogen and oxygen atoms in total. The normalized spacial score (nSPS) is 17.9. The van der Waals surface area contributed by atoms with Gasteiger partial charge in [0.15, 0.2) is 0 Å². The van der Waals surface area contributed by atoms with Gasteiger partial charge in [-0.25, -0.2) is 9.67 Å². The molecular weight excluding hydrogens is 308 g/mol. The SMILES string of the molecule is Cc1nc(C)n(CC2CCCN(c3ccc(N)cc3[N+](=O)[O-])C2)n1. The monoisotopic (exact) mass is 330 g/mol. The summed E-state index contributed by atoms with van der Waals surface area (Å²) in [6, 6.07) is 4.90. The quantitative estimate of drug-likeness (QED) is 0.524. The molecule has 128 valence electrons. The zero-order valence-corrected chi connectivity index (χ0v) is 14.0. The van der Waals surface area contributed by atoms with E-state index in [-0.39, 0.29) is 10.6 Å². The van der Waals surface area contributed by atoms with E-state index in [1.165, 1.54) is 6.07 Å². The second kappa shape index (κ2) is 6.46. The molecule has 1 fully saturated rings. The van der Waals surface area contributed by atoms with Crippen LogP contribution >= 0.6 is 0 Å². The fraction of sp³-hybridized carbons (Fsp3) is 0.500. The molecule has 0 aliphatic carbocycles. The van der Waals surface area contributed by atoms with Gasteiger partial charge < -0.3 is 10.6 Å². The van der Waals surface area contributed by atoms with E-state index < -0.39 is 0 Å². The van der Waals surface area contributed by atoms with Crippen LogP contribution in [0.15, 0.2) is 18.2 Å². The standard InChI is InChI=1S/C16H22N6O2/c1-11-18-12(2)21(19-11)10-13-4-3-7-20(9-13)15-6-5-14(17)8-16(15)22(23)24/h5-6,8,13H,3-4,7,9-10,17H2,1-2H3. The highest BCUT2D eigenvalue weighted by atomic mass is 16.6. The maximum Gasteiger partial charge on any atom is 0.294 e. The molecule has 1 aliphatic rings. The zero-order chi connectivity index (χ0) is 17.3. The van der Waals surface area contributed by atoms with Crippen LogP contribution in [-0.4, -0.2) is 32.8 Å². The highest BCUT2D eigenvalue weighted by molar-refractivity contribution is 5.68. The van der Waals surface area contributed by atoms with Crippen molar-refractivity contribution in [2.45, 2.75) is 33.2 Å². The molecule has 0 spiro atoms. The Kier molecular flexibility index (Phi) is 4.37. The van der Waals surface area contributed by atoms with Gasteiger partial charge in [-0.1, -0.05) is 0 Å². The van der Waals surface area contributed by atoms with Crippen LogP contribution in [0.2, 0.25) is 0 Å². The highest BCUT2D eigenvalue weighted by Gasteiger charge is 2.26. The van der Waals surface area contributed by atoms with E-state index in [1.807, 2.05) is 18.5 Å². The molecule has 1 unspecified atom stereocenters. The van der Waals surface area contributed by atoms with Crippen molar-refractivity contribution in [3.63, 3.8) is 0 Å². The number of nitro benzene ring substituents is 1. The van der Waals surface area contributed by atoms with Crippen LogP contribution in [-0.2, 0) is 6.54 Å². The first-order valence-electron chi connectivity index (χ1n) is 8.11. The summed E-state index contributed by atoms with van der Waals surface area (Å²) in [7, 11) is 0. The summed E-state index contributed by atoms with van der Waals surface area (Å²) >= 11 is 0. The van der Waals surface area contributed by atoms with Gasteiger partial charge in [0.05, 0.1) is 4.92 Å². The Balaban J connectivity index is 1.79. The molecule has 24 heavy (non-hydrogen) atoms. The second-order valence-corrected chi connectivity index (χ2v) is 6.35. The predicted molar refractivity (Wildman–Crippen MR) is 91.9 cm³/mol. The van der Waals surface area contributed by atoms with E-state index in [9.17, 15) is 10.1 Å². The Labute approximate surface area is 140 Å². The van der Waals surface area contributed by atoms with Crippen LogP contribution in [0.25, 0.3) is 0 Å². The molecule has 0 bridgehead atoms. The number of rotatable bonds is 4. The first-order valence-corrected chi connectivity index (χ1v) is 8.11. The van der Waals surface area contributed by atoms with Gasteiger partial charge in [0.25, 0.3) is 5.69 Å². The fourth-order valence-electron chi connectivity index (χ4n) is 3.37. The Morgan fingerprint density at radius 1 is 1.42 bits per heavy atom. The summed E-state index contributed by atoms with van der Waals surface area (Å²) in [5, 5.41) is 15.8. The van der Waals surface area contributed by atoms with E-state index in [1.54, 1.807) is 12.1 Å². The minimum Gasteiger partial charge on any atom is -0.399 e. The van der Waals surface area contributed by atoms with Crippen molar-refractivity contribution in [1.82, 2.24) is 14.8 Å². The summed E-state index contributed by atoms with van der Waals surface area (Å²) in [4.78, 5) is 17.4. The van der Waals surface area contributed by atoms with Crippen molar-refractivity contribution in [3.8, 4) is 0 Å². The molecular formula is C16H22N6O2. The number of piperidine rings is 1. The maximum absolute atomic E-state index is 11.3. The first kappa shape index (κ1) is 16.2. The molecule has 0 saturated carbocycles. The molecule has 1 atom stereocenters. The maximum atomic E-state index is 11.3. The number of nitrogens with zero attached hydrogens (tertiary/aromatic N) is 5. The van der Waals surface area contributed by atoms with Crippen molar-refractivity contribution in [2.75, 3.05) is 23.7 Å². The van der Waals surface area contributed by atoms with Gasteiger partial charge in [-0.3, -0.25) is 10.1 Å². The van der Waals surface area contributed by atoms with E-state index in [4.69, 9.17) is 5.73 Å². The second-order valence-electron chi connectivity index (χ2n) is 6.35. The van der Waals surface area contributed by atoms with Crippen LogP contribution in [0.1, 0.15) is 24.5 Å².